The fourth-order valence-corrected chi connectivity index (χ4v) is 3.89. The van der Waals surface area contributed by atoms with Gasteiger partial charge in [-0.1, -0.05) is 36.0 Å². The van der Waals surface area contributed by atoms with Crippen LogP contribution in [0.15, 0.2) is 51.3 Å². The number of Topliss-reactive ketones (excluding diaryl/α,β-unsaturated/α-hetero) is 1. The summed E-state index contributed by atoms with van der Waals surface area (Å²) in [5.74, 6) is -1.48. The van der Waals surface area contributed by atoms with E-state index in [4.69, 9.17) is 5.11 Å². The summed E-state index contributed by atoms with van der Waals surface area (Å²) in [5, 5.41) is 8.92. The zero-order valence-electron chi connectivity index (χ0n) is 11.1. The Morgan fingerprint density at radius 1 is 1.40 bits per heavy atom. The van der Waals surface area contributed by atoms with Crippen LogP contribution in [0.3, 0.4) is 0 Å². The molecule has 1 unspecified atom stereocenters. The number of carboxylic acids is 1. The Morgan fingerprint density at radius 3 is 2.90 bits per heavy atom. The van der Waals surface area contributed by atoms with Crippen molar-refractivity contribution in [3.05, 3.63) is 52.0 Å². The molecule has 0 aromatic heterocycles. The first kappa shape index (κ1) is 13.2. The van der Waals surface area contributed by atoms with Crippen LogP contribution >= 0.6 is 11.8 Å². The average Bonchev–Trinajstić information content (AvgIpc) is 2.42. The van der Waals surface area contributed by atoms with Gasteiger partial charge >= 0.3 is 5.97 Å². The molecular formula is C16H14O3S. The standard InChI is InChI=1S/C16H14O3S/c1-9-6-11(8-14(17)18)15(19)12-7-10-4-2-3-5-13(10)20-16(9)12/h2-6,11H,7-8H2,1H3,(H,17,18). The summed E-state index contributed by atoms with van der Waals surface area (Å²) in [6, 6.07) is 8.05. The average molecular weight is 286 g/mol. The molecule has 20 heavy (non-hydrogen) atoms. The lowest BCUT2D eigenvalue weighted by Gasteiger charge is -2.28. The number of carbonyl (C=O) groups excluding carboxylic acids is 1. The second kappa shape index (κ2) is 4.94. The molecule has 4 heteroatoms. The zero-order valence-corrected chi connectivity index (χ0v) is 11.9. The molecule has 1 aromatic rings. The van der Waals surface area contributed by atoms with Gasteiger partial charge in [-0.25, -0.2) is 0 Å². The molecular weight excluding hydrogens is 272 g/mol. The van der Waals surface area contributed by atoms with Crippen molar-refractivity contribution in [1.29, 1.82) is 0 Å². The van der Waals surface area contributed by atoms with E-state index in [1.165, 1.54) is 4.90 Å². The predicted molar refractivity (Wildman–Crippen MR) is 77.5 cm³/mol. The molecule has 0 saturated heterocycles. The Bertz CT molecular complexity index is 670. The number of hydrogen-bond donors (Lipinski definition) is 1. The van der Waals surface area contributed by atoms with Crippen molar-refractivity contribution in [3.8, 4) is 0 Å². The van der Waals surface area contributed by atoms with Crippen LogP contribution in [0.25, 0.3) is 0 Å². The topological polar surface area (TPSA) is 54.4 Å². The number of aliphatic carboxylic acids is 1. The minimum atomic E-state index is -0.930. The molecule has 0 fully saturated rings. The maximum atomic E-state index is 12.5. The van der Waals surface area contributed by atoms with Gasteiger partial charge in [0.2, 0.25) is 0 Å². The molecule has 102 valence electrons. The van der Waals surface area contributed by atoms with Crippen molar-refractivity contribution in [2.24, 2.45) is 5.92 Å². The summed E-state index contributed by atoms with van der Waals surface area (Å²) in [6.45, 7) is 1.96. The van der Waals surface area contributed by atoms with Crippen LogP contribution in [0.1, 0.15) is 18.9 Å². The van der Waals surface area contributed by atoms with Gasteiger partial charge in [-0.3, -0.25) is 9.59 Å². The number of fused-ring (bicyclic) bond motifs is 1. The van der Waals surface area contributed by atoms with Crippen LogP contribution < -0.4 is 0 Å². The zero-order chi connectivity index (χ0) is 14.3. The van der Waals surface area contributed by atoms with E-state index in [1.54, 1.807) is 17.8 Å². The van der Waals surface area contributed by atoms with Crippen LogP contribution in [0.2, 0.25) is 0 Å². The third-order valence-electron chi connectivity index (χ3n) is 3.66. The molecule has 0 bridgehead atoms. The van der Waals surface area contributed by atoms with E-state index in [1.807, 2.05) is 25.1 Å². The lowest BCUT2D eigenvalue weighted by atomic mass is 9.84. The van der Waals surface area contributed by atoms with Gasteiger partial charge in [-0.05, 0) is 24.1 Å². The first-order valence-corrected chi connectivity index (χ1v) is 7.31. The van der Waals surface area contributed by atoms with Crippen molar-refractivity contribution in [1.82, 2.24) is 0 Å². The number of allylic oxidation sites excluding steroid dienone is 3. The number of benzene rings is 1. The van der Waals surface area contributed by atoms with Crippen molar-refractivity contribution < 1.29 is 14.7 Å². The van der Waals surface area contributed by atoms with E-state index in [9.17, 15) is 9.59 Å². The van der Waals surface area contributed by atoms with Gasteiger partial charge in [0.1, 0.15) is 0 Å². The number of rotatable bonds is 2. The number of thioether (sulfide) groups is 1. The lowest BCUT2D eigenvalue weighted by molar-refractivity contribution is -0.139. The van der Waals surface area contributed by atoms with Gasteiger partial charge in [-0.15, -0.1) is 0 Å². The Labute approximate surface area is 121 Å². The van der Waals surface area contributed by atoms with E-state index in [0.29, 0.717) is 6.42 Å². The number of hydrogen-bond acceptors (Lipinski definition) is 3. The highest BCUT2D eigenvalue weighted by Crippen LogP contribution is 2.45. The molecule has 1 aliphatic carbocycles. The predicted octanol–water partition coefficient (Wildman–Crippen LogP) is 3.21. The summed E-state index contributed by atoms with van der Waals surface area (Å²) in [7, 11) is 0. The highest BCUT2D eigenvalue weighted by Gasteiger charge is 2.33. The molecule has 0 amide bonds. The monoisotopic (exact) mass is 286 g/mol. The van der Waals surface area contributed by atoms with Crippen LogP contribution in [0.5, 0.6) is 0 Å². The van der Waals surface area contributed by atoms with Gasteiger partial charge in [0, 0.05) is 21.8 Å². The molecule has 1 aliphatic heterocycles. The number of carboxylic acid groups (broad SMARTS) is 1. The fraction of sp³-hybridized carbons (Fsp3) is 0.250. The van der Waals surface area contributed by atoms with Crippen molar-refractivity contribution in [3.63, 3.8) is 0 Å². The molecule has 3 rings (SSSR count). The molecule has 1 N–H and O–H groups in total. The molecule has 1 atom stereocenters. The van der Waals surface area contributed by atoms with Gasteiger partial charge in [0.15, 0.2) is 5.78 Å². The highest BCUT2D eigenvalue weighted by molar-refractivity contribution is 8.03. The molecule has 0 saturated carbocycles. The van der Waals surface area contributed by atoms with E-state index >= 15 is 0 Å². The molecule has 2 aliphatic rings. The van der Waals surface area contributed by atoms with E-state index < -0.39 is 11.9 Å². The van der Waals surface area contributed by atoms with Crippen molar-refractivity contribution in [2.45, 2.75) is 24.7 Å². The summed E-state index contributed by atoms with van der Waals surface area (Å²) in [5.41, 5.74) is 2.94. The fourth-order valence-electron chi connectivity index (χ4n) is 2.73. The van der Waals surface area contributed by atoms with Gasteiger partial charge in [0.05, 0.1) is 12.3 Å². The Morgan fingerprint density at radius 2 is 2.15 bits per heavy atom. The molecule has 3 nitrogen and oxygen atoms in total. The minimum Gasteiger partial charge on any atom is -0.481 e. The third-order valence-corrected chi connectivity index (χ3v) is 5.05. The van der Waals surface area contributed by atoms with Crippen LogP contribution in [0, 0.1) is 5.92 Å². The Balaban J connectivity index is 1.98. The Hall–Kier alpha value is -1.81. The normalized spacial score (nSPS) is 21.1. The molecule has 1 heterocycles. The third kappa shape index (κ3) is 2.20. The molecule has 0 spiro atoms. The van der Waals surface area contributed by atoms with E-state index in [-0.39, 0.29) is 12.2 Å². The van der Waals surface area contributed by atoms with Crippen molar-refractivity contribution in [2.75, 3.05) is 0 Å². The summed E-state index contributed by atoms with van der Waals surface area (Å²) in [4.78, 5) is 25.5. The van der Waals surface area contributed by atoms with E-state index in [2.05, 4.69) is 6.07 Å². The first-order chi connectivity index (χ1) is 9.56. The minimum absolute atomic E-state index is 0.0324. The Kier molecular flexibility index (Phi) is 3.26. The largest absolute Gasteiger partial charge is 0.481 e. The SMILES string of the molecule is CC1=CC(CC(=O)O)C(=O)C2=C1Sc1ccccc1C2. The number of ketones is 1. The van der Waals surface area contributed by atoms with Gasteiger partial charge in [-0.2, -0.15) is 0 Å². The smallest absolute Gasteiger partial charge is 0.304 e. The summed E-state index contributed by atoms with van der Waals surface area (Å²) in [6.07, 6.45) is 2.29. The van der Waals surface area contributed by atoms with Gasteiger partial charge < -0.3 is 5.11 Å². The van der Waals surface area contributed by atoms with Crippen molar-refractivity contribution >= 4 is 23.5 Å². The molecule has 0 radical (unpaired) electrons. The lowest BCUT2D eigenvalue weighted by Crippen LogP contribution is -2.25. The van der Waals surface area contributed by atoms with Gasteiger partial charge in [0.25, 0.3) is 0 Å². The second-order valence-corrected chi connectivity index (χ2v) is 6.16. The summed E-state index contributed by atoms with van der Waals surface area (Å²) >= 11 is 1.62. The first-order valence-electron chi connectivity index (χ1n) is 6.50. The highest BCUT2D eigenvalue weighted by atomic mass is 32.2. The van der Waals surface area contributed by atoms with E-state index in [0.717, 1.165) is 21.6 Å². The molecule has 1 aromatic carbocycles. The summed E-state index contributed by atoms with van der Waals surface area (Å²) < 4.78 is 0. The van der Waals surface area contributed by atoms with Crippen LogP contribution in [-0.4, -0.2) is 16.9 Å². The quantitative estimate of drug-likeness (QED) is 0.907. The number of carbonyl (C=O) groups is 2. The maximum absolute atomic E-state index is 12.5. The van der Waals surface area contributed by atoms with Crippen LogP contribution in [0.4, 0.5) is 0 Å². The maximum Gasteiger partial charge on any atom is 0.304 e. The van der Waals surface area contributed by atoms with Crippen LogP contribution in [-0.2, 0) is 16.0 Å². The second-order valence-electron chi connectivity index (χ2n) is 5.11.